The minimum atomic E-state index is -0.441. The number of aromatic nitrogens is 3. The molecule has 0 bridgehead atoms. The summed E-state index contributed by atoms with van der Waals surface area (Å²) in [4.78, 5) is 25.8. The first-order valence-electron chi connectivity index (χ1n) is 10.8. The lowest BCUT2D eigenvalue weighted by Crippen LogP contribution is -2.16. The quantitative estimate of drug-likeness (QED) is 0.279. The smallest absolute Gasteiger partial charge is 0.341 e. The van der Waals surface area contributed by atoms with Crippen LogP contribution in [0.15, 0.2) is 29.4 Å². The molecule has 182 valence electrons. The van der Waals surface area contributed by atoms with Gasteiger partial charge in [-0.15, -0.1) is 21.5 Å². The van der Waals surface area contributed by atoms with Gasteiger partial charge in [-0.3, -0.25) is 4.79 Å². The van der Waals surface area contributed by atoms with Gasteiger partial charge in [0.15, 0.2) is 17.1 Å². The summed E-state index contributed by atoms with van der Waals surface area (Å²) >= 11 is 8.71. The number of carbonyl (C=O) groups is 2. The average Bonchev–Trinajstić information content (AvgIpc) is 3.38. The number of hydrogen-bond acceptors (Lipinski definition) is 8. The van der Waals surface area contributed by atoms with Gasteiger partial charge in [-0.1, -0.05) is 30.3 Å². The fourth-order valence-corrected chi connectivity index (χ4v) is 4.95. The van der Waals surface area contributed by atoms with Crippen molar-refractivity contribution in [1.82, 2.24) is 14.8 Å². The topological polar surface area (TPSA) is 95.3 Å². The second kappa shape index (κ2) is 11.7. The third-order valence-corrected chi connectivity index (χ3v) is 7.53. The summed E-state index contributed by atoms with van der Waals surface area (Å²) in [6, 6.07) is 7.24. The van der Waals surface area contributed by atoms with E-state index in [0.717, 1.165) is 16.9 Å². The number of benzene rings is 1. The molecular formula is C23H27ClN4O4S2. The van der Waals surface area contributed by atoms with Crippen molar-refractivity contribution in [3.05, 3.63) is 51.1 Å². The van der Waals surface area contributed by atoms with Crippen molar-refractivity contribution in [3.8, 4) is 5.75 Å². The Balaban J connectivity index is 1.62. The molecule has 34 heavy (non-hydrogen) atoms. The van der Waals surface area contributed by atoms with Crippen LogP contribution in [0.5, 0.6) is 5.75 Å². The number of esters is 1. The van der Waals surface area contributed by atoms with Gasteiger partial charge in [0.25, 0.3) is 0 Å². The number of hydrogen-bond donors (Lipinski definition) is 1. The van der Waals surface area contributed by atoms with E-state index in [2.05, 4.69) is 15.5 Å². The molecule has 3 rings (SSSR count). The summed E-state index contributed by atoms with van der Waals surface area (Å²) in [6.45, 7) is 7.81. The van der Waals surface area contributed by atoms with E-state index in [1.54, 1.807) is 29.7 Å². The maximum absolute atomic E-state index is 12.6. The van der Waals surface area contributed by atoms with Crippen molar-refractivity contribution < 1.29 is 19.1 Å². The van der Waals surface area contributed by atoms with Crippen LogP contribution in [0.3, 0.4) is 0 Å². The summed E-state index contributed by atoms with van der Waals surface area (Å²) in [7, 11) is 1.83. The van der Waals surface area contributed by atoms with Gasteiger partial charge in [0, 0.05) is 16.9 Å². The van der Waals surface area contributed by atoms with E-state index in [1.165, 1.54) is 23.1 Å². The largest absolute Gasteiger partial charge is 0.483 e. The van der Waals surface area contributed by atoms with Crippen LogP contribution >= 0.6 is 34.7 Å². The molecule has 0 saturated carbocycles. The molecule has 0 spiro atoms. The van der Waals surface area contributed by atoms with Crippen LogP contribution in [-0.2, 0) is 23.0 Å². The normalized spacial score (nSPS) is 11.8. The lowest BCUT2D eigenvalue weighted by Gasteiger charge is -2.15. The Kier molecular flexibility index (Phi) is 8.98. The highest BCUT2D eigenvalue weighted by molar-refractivity contribution is 7.99. The van der Waals surface area contributed by atoms with E-state index < -0.39 is 5.97 Å². The number of aryl methyl sites for hydroxylation is 2. The first-order chi connectivity index (χ1) is 16.2. The number of nitrogens with zero attached hydrogens (tertiary/aromatic N) is 3. The lowest BCUT2D eigenvalue weighted by atomic mass is 10.2. The van der Waals surface area contributed by atoms with Crippen LogP contribution in [0.4, 0.5) is 5.00 Å². The Morgan fingerprint density at radius 1 is 1.26 bits per heavy atom. The number of ether oxygens (including phenoxy) is 2. The Hall–Kier alpha value is -2.56. The second-order valence-corrected chi connectivity index (χ2v) is 9.92. The third-order valence-electron chi connectivity index (χ3n) is 4.89. The maximum Gasteiger partial charge on any atom is 0.341 e. The maximum atomic E-state index is 12.6. The van der Waals surface area contributed by atoms with Gasteiger partial charge in [-0.2, -0.15) is 0 Å². The van der Waals surface area contributed by atoms with Crippen molar-refractivity contribution in [1.29, 1.82) is 0 Å². The molecule has 3 aromatic rings. The lowest BCUT2D eigenvalue weighted by molar-refractivity contribution is -0.113. The number of thiophene rings is 1. The molecule has 1 aromatic carbocycles. The van der Waals surface area contributed by atoms with E-state index in [0.29, 0.717) is 32.3 Å². The molecule has 0 saturated heterocycles. The van der Waals surface area contributed by atoms with Gasteiger partial charge in [-0.05, 0) is 57.0 Å². The minimum Gasteiger partial charge on any atom is -0.483 e. The molecule has 1 unspecified atom stereocenters. The fourth-order valence-electron chi connectivity index (χ4n) is 3.12. The van der Waals surface area contributed by atoms with E-state index in [1.807, 2.05) is 33.9 Å². The number of nitrogens with one attached hydrogen (secondary N) is 1. The first-order valence-corrected chi connectivity index (χ1v) is 13.0. The van der Waals surface area contributed by atoms with Gasteiger partial charge in [-0.25, -0.2) is 4.79 Å². The van der Waals surface area contributed by atoms with Crippen molar-refractivity contribution >= 4 is 51.6 Å². The first kappa shape index (κ1) is 26.1. The second-order valence-electron chi connectivity index (χ2n) is 7.44. The Morgan fingerprint density at radius 2 is 2.03 bits per heavy atom. The summed E-state index contributed by atoms with van der Waals surface area (Å²) in [5.74, 6) is 0.741. The molecule has 0 fully saturated rings. The Morgan fingerprint density at radius 3 is 2.71 bits per heavy atom. The zero-order valence-corrected chi connectivity index (χ0v) is 22.1. The fraction of sp³-hybridized carbons (Fsp3) is 0.391. The monoisotopic (exact) mass is 522 g/mol. The molecule has 2 heterocycles. The molecule has 1 amide bonds. The standard InChI is InChI=1S/C23H27ClN4O4S2/c1-6-16-11-17(22(30)31-7-2)21(34-16)25-19(29)12-33-23-27-26-20(28(23)5)14(4)32-15-8-9-18(24)13(3)10-15/h8-11,14H,6-7,12H2,1-5H3,(H,25,29). The van der Waals surface area contributed by atoms with Gasteiger partial charge in [0.1, 0.15) is 10.8 Å². The van der Waals surface area contributed by atoms with E-state index >= 15 is 0 Å². The Bertz CT molecular complexity index is 1180. The molecule has 1 N–H and O–H groups in total. The number of thioether (sulfide) groups is 1. The van der Waals surface area contributed by atoms with Crippen molar-refractivity contribution in [2.24, 2.45) is 7.05 Å². The summed E-state index contributed by atoms with van der Waals surface area (Å²) in [5.41, 5.74) is 1.31. The highest BCUT2D eigenvalue weighted by Crippen LogP contribution is 2.30. The molecule has 2 aromatic heterocycles. The number of anilines is 1. The molecule has 0 aliphatic rings. The summed E-state index contributed by atoms with van der Waals surface area (Å²) in [6.07, 6.45) is 0.408. The summed E-state index contributed by atoms with van der Waals surface area (Å²) in [5, 5.41) is 13.0. The number of rotatable bonds is 10. The van der Waals surface area contributed by atoms with Crippen molar-refractivity contribution in [2.45, 2.75) is 45.4 Å². The van der Waals surface area contributed by atoms with Crippen LogP contribution in [-0.4, -0.2) is 39.0 Å². The number of amides is 1. The molecule has 0 aliphatic heterocycles. The van der Waals surface area contributed by atoms with Crippen molar-refractivity contribution in [3.63, 3.8) is 0 Å². The number of halogens is 1. The van der Waals surface area contributed by atoms with Crippen LogP contribution in [0, 0.1) is 6.92 Å². The van der Waals surface area contributed by atoms with Crippen molar-refractivity contribution in [2.75, 3.05) is 17.7 Å². The Labute approximate surface area is 212 Å². The van der Waals surface area contributed by atoms with Crippen LogP contribution in [0.25, 0.3) is 0 Å². The summed E-state index contributed by atoms with van der Waals surface area (Å²) < 4.78 is 12.9. The molecule has 0 aliphatic carbocycles. The van der Waals surface area contributed by atoms with Crippen LogP contribution in [0.1, 0.15) is 53.5 Å². The van der Waals surface area contributed by atoms with E-state index in [4.69, 9.17) is 21.1 Å². The van der Waals surface area contributed by atoms with Crippen LogP contribution < -0.4 is 10.1 Å². The van der Waals surface area contributed by atoms with Gasteiger partial charge in [0.2, 0.25) is 5.91 Å². The molecule has 0 radical (unpaired) electrons. The predicted octanol–water partition coefficient (Wildman–Crippen LogP) is 5.45. The average molecular weight is 523 g/mol. The zero-order valence-electron chi connectivity index (χ0n) is 19.7. The van der Waals surface area contributed by atoms with E-state index in [-0.39, 0.29) is 24.4 Å². The third kappa shape index (κ3) is 6.31. The predicted molar refractivity (Wildman–Crippen MR) is 135 cm³/mol. The van der Waals surface area contributed by atoms with E-state index in [9.17, 15) is 9.59 Å². The molecule has 8 nitrogen and oxygen atoms in total. The molecule has 11 heteroatoms. The molecule has 1 atom stereocenters. The molecular weight excluding hydrogens is 496 g/mol. The SMILES string of the molecule is CCOC(=O)c1cc(CC)sc1NC(=O)CSc1nnc(C(C)Oc2ccc(Cl)c(C)c2)n1C. The van der Waals surface area contributed by atoms with Gasteiger partial charge in [0.05, 0.1) is 17.9 Å². The highest BCUT2D eigenvalue weighted by atomic mass is 35.5. The minimum absolute atomic E-state index is 0.110. The zero-order chi connectivity index (χ0) is 24.8. The van der Waals surface area contributed by atoms with Crippen LogP contribution in [0.2, 0.25) is 5.02 Å². The van der Waals surface area contributed by atoms with Gasteiger partial charge >= 0.3 is 5.97 Å². The number of carbonyl (C=O) groups excluding carboxylic acids is 2. The van der Waals surface area contributed by atoms with Gasteiger partial charge < -0.3 is 19.4 Å². The highest BCUT2D eigenvalue weighted by Gasteiger charge is 2.21.